The van der Waals surface area contributed by atoms with Crippen LogP contribution in [0.4, 0.5) is 5.13 Å². The fraction of sp³-hybridized carbons (Fsp3) is 0.167. The van der Waals surface area contributed by atoms with Gasteiger partial charge in [0.25, 0.3) is 0 Å². The van der Waals surface area contributed by atoms with Crippen molar-refractivity contribution in [3.8, 4) is 0 Å². The molecule has 0 bridgehead atoms. The summed E-state index contributed by atoms with van der Waals surface area (Å²) in [7, 11) is -3.42. The molecule has 0 saturated heterocycles. The molecule has 0 aliphatic rings. The standard InChI is InChI=1S/C24H21BrN2O3S2/c25-19-13-14-21-22(16-19)31-24(26-21)27(17-18-8-3-1-4-9-18)23(28)12-7-15-32(29,30)20-10-5-2-6-11-20/h1-6,8-11,13-14,16H,7,12,15,17H2. The van der Waals surface area contributed by atoms with Crippen molar-refractivity contribution in [1.82, 2.24) is 4.98 Å². The molecule has 0 radical (unpaired) electrons. The van der Waals surface area contributed by atoms with E-state index in [-0.39, 0.29) is 29.4 Å². The van der Waals surface area contributed by atoms with Crippen LogP contribution in [-0.4, -0.2) is 25.1 Å². The van der Waals surface area contributed by atoms with Crippen molar-refractivity contribution in [1.29, 1.82) is 0 Å². The van der Waals surface area contributed by atoms with Gasteiger partial charge in [-0.05, 0) is 42.3 Å². The van der Waals surface area contributed by atoms with Crippen LogP contribution in [-0.2, 0) is 21.2 Å². The molecule has 4 aromatic rings. The molecular formula is C24H21BrN2O3S2. The van der Waals surface area contributed by atoms with Gasteiger partial charge in [0.2, 0.25) is 5.91 Å². The Morgan fingerprint density at radius 3 is 2.38 bits per heavy atom. The molecular weight excluding hydrogens is 508 g/mol. The lowest BCUT2D eigenvalue weighted by Gasteiger charge is -2.20. The third-order valence-corrected chi connectivity index (χ3v) is 8.31. The lowest BCUT2D eigenvalue weighted by atomic mass is 10.2. The van der Waals surface area contributed by atoms with E-state index >= 15 is 0 Å². The lowest BCUT2D eigenvalue weighted by Crippen LogP contribution is -2.30. The Morgan fingerprint density at radius 2 is 1.66 bits per heavy atom. The van der Waals surface area contributed by atoms with Crippen molar-refractivity contribution in [3.05, 3.63) is 88.9 Å². The van der Waals surface area contributed by atoms with E-state index < -0.39 is 9.84 Å². The quantitative estimate of drug-likeness (QED) is 0.287. The van der Waals surface area contributed by atoms with Crippen LogP contribution in [0.2, 0.25) is 0 Å². The number of fused-ring (bicyclic) bond motifs is 1. The number of benzene rings is 3. The summed E-state index contributed by atoms with van der Waals surface area (Å²) in [6, 6.07) is 23.9. The molecule has 0 fully saturated rings. The van der Waals surface area contributed by atoms with Gasteiger partial charge in [0.05, 0.1) is 27.4 Å². The van der Waals surface area contributed by atoms with Crippen LogP contribution in [0.1, 0.15) is 18.4 Å². The number of hydrogen-bond acceptors (Lipinski definition) is 5. The second kappa shape index (κ2) is 9.94. The molecule has 0 aliphatic heterocycles. The van der Waals surface area contributed by atoms with E-state index in [1.165, 1.54) is 11.3 Å². The summed E-state index contributed by atoms with van der Waals surface area (Å²) in [6.45, 7) is 0.381. The largest absolute Gasteiger partial charge is 0.284 e. The number of thiazole rings is 1. The summed E-state index contributed by atoms with van der Waals surface area (Å²) in [5, 5.41) is 0.609. The summed E-state index contributed by atoms with van der Waals surface area (Å²) in [5.74, 6) is -0.218. The van der Waals surface area contributed by atoms with Crippen LogP contribution in [0.25, 0.3) is 10.2 Å². The second-order valence-electron chi connectivity index (χ2n) is 7.31. The summed E-state index contributed by atoms with van der Waals surface area (Å²) in [6.07, 6.45) is 0.371. The van der Waals surface area contributed by atoms with Gasteiger partial charge in [-0.3, -0.25) is 9.69 Å². The fourth-order valence-electron chi connectivity index (χ4n) is 3.32. The molecule has 0 aliphatic carbocycles. The molecule has 1 amide bonds. The van der Waals surface area contributed by atoms with Crippen LogP contribution in [0, 0.1) is 0 Å². The first kappa shape index (κ1) is 22.6. The Labute approximate surface area is 199 Å². The zero-order chi connectivity index (χ0) is 22.6. The smallest absolute Gasteiger partial charge is 0.229 e. The summed E-state index contributed by atoms with van der Waals surface area (Å²) in [4.78, 5) is 19.8. The highest BCUT2D eigenvalue weighted by Crippen LogP contribution is 2.32. The van der Waals surface area contributed by atoms with Gasteiger partial charge in [0, 0.05) is 10.9 Å². The lowest BCUT2D eigenvalue weighted by molar-refractivity contribution is -0.118. The molecule has 3 aromatic carbocycles. The van der Waals surface area contributed by atoms with Gasteiger partial charge in [-0.2, -0.15) is 0 Å². The van der Waals surface area contributed by atoms with E-state index in [4.69, 9.17) is 0 Å². The molecule has 164 valence electrons. The van der Waals surface area contributed by atoms with Crippen LogP contribution in [0.5, 0.6) is 0 Å². The number of carbonyl (C=O) groups is 1. The first-order valence-electron chi connectivity index (χ1n) is 10.1. The maximum absolute atomic E-state index is 13.2. The minimum Gasteiger partial charge on any atom is -0.284 e. The third kappa shape index (κ3) is 5.43. The second-order valence-corrected chi connectivity index (χ2v) is 11.3. The number of halogens is 1. The van der Waals surface area contributed by atoms with E-state index in [0.29, 0.717) is 11.7 Å². The van der Waals surface area contributed by atoms with Gasteiger partial charge < -0.3 is 0 Å². The van der Waals surface area contributed by atoms with E-state index in [2.05, 4.69) is 20.9 Å². The highest BCUT2D eigenvalue weighted by Gasteiger charge is 2.22. The molecule has 0 N–H and O–H groups in total. The van der Waals surface area contributed by atoms with E-state index in [9.17, 15) is 13.2 Å². The number of hydrogen-bond donors (Lipinski definition) is 0. The first-order chi connectivity index (χ1) is 15.4. The minimum atomic E-state index is -3.42. The van der Waals surface area contributed by atoms with E-state index in [0.717, 1.165) is 20.3 Å². The van der Waals surface area contributed by atoms with E-state index in [1.54, 1.807) is 35.2 Å². The average molecular weight is 529 g/mol. The molecule has 0 saturated carbocycles. The topological polar surface area (TPSA) is 67.3 Å². The number of aromatic nitrogens is 1. The van der Waals surface area contributed by atoms with E-state index in [1.807, 2.05) is 48.5 Å². The predicted octanol–water partition coefficient (Wildman–Crippen LogP) is 5.85. The van der Waals surface area contributed by atoms with Crippen molar-refractivity contribution in [2.45, 2.75) is 24.3 Å². The van der Waals surface area contributed by atoms with Gasteiger partial charge in [-0.1, -0.05) is 75.8 Å². The maximum atomic E-state index is 13.2. The zero-order valence-electron chi connectivity index (χ0n) is 17.1. The van der Waals surface area contributed by atoms with Gasteiger partial charge in [-0.25, -0.2) is 13.4 Å². The number of amides is 1. The monoisotopic (exact) mass is 528 g/mol. The average Bonchev–Trinajstić information content (AvgIpc) is 3.21. The molecule has 8 heteroatoms. The molecule has 5 nitrogen and oxygen atoms in total. The van der Waals surface area contributed by atoms with Crippen LogP contribution in [0.15, 0.2) is 88.2 Å². The van der Waals surface area contributed by atoms with Crippen LogP contribution >= 0.6 is 27.3 Å². The van der Waals surface area contributed by atoms with Gasteiger partial charge in [0.15, 0.2) is 15.0 Å². The Balaban J connectivity index is 1.53. The Morgan fingerprint density at radius 1 is 0.969 bits per heavy atom. The van der Waals surface area contributed by atoms with Crippen molar-refractivity contribution < 1.29 is 13.2 Å². The zero-order valence-corrected chi connectivity index (χ0v) is 20.4. The molecule has 1 heterocycles. The SMILES string of the molecule is O=C(CCCS(=O)(=O)c1ccccc1)N(Cc1ccccc1)c1nc2ccc(Br)cc2s1. The Hall–Kier alpha value is -2.55. The Kier molecular flexibility index (Phi) is 7.03. The summed E-state index contributed by atoms with van der Waals surface area (Å²) >= 11 is 4.92. The Bertz CT molecular complexity index is 1320. The van der Waals surface area contributed by atoms with Crippen molar-refractivity contribution in [3.63, 3.8) is 0 Å². The molecule has 0 unspecified atom stereocenters. The predicted molar refractivity (Wildman–Crippen MR) is 133 cm³/mol. The number of sulfone groups is 1. The van der Waals surface area contributed by atoms with Crippen molar-refractivity contribution in [2.24, 2.45) is 0 Å². The summed E-state index contributed by atoms with van der Waals surface area (Å²) in [5.41, 5.74) is 1.81. The van der Waals surface area contributed by atoms with Crippen molar-refractivity contribution in [2.75, 3.05) is 10.7 Å². The number of anilines is 1. The highest BCUT2D eigenvalue weighted by molar-refractivity contribution is 9.10. The first-order valence-corrected chi connectivity index (χ1v) is 13.4. The third-order valence-electron chi connectivity index (χ3n) is 4.96. The van der Waals surface area contributed by atoms with Crippen LogP contribution < -0.4 is 4.90 Å². The maximum Gasteiger partial charge on any atom is 0.229 e. The fourth-order valence-corrected chi connectivity index (χ4v) is 6.19. The van der Waals surface area contributed by atoms with Crippen LogP contribution in [0.3, 0.4) is 0 Å². The molecule has 32 heavy (non-hydrogen) atoms. The van der Waals surface area contributed by atoms with Gasteiger partial charge >= 0.3 is 0 Å². The number of nitrogens with zero attached hydrogens (tertiary/aromatic N) is 2. The minimum absolute atomic E-state index is 0.0747. The normalized spacial score (nSPS) is 11.5. The molecule has 1 aromatic heterocycles. The highest BCUT2D eigenvalue weighted by atomic mass is 79.9. The summed E-state index contributed by atoms with van der Waals surface area (Å²) < 4.78 is 27.0. The molecule has 0 spiro atoms. The number of rotatable bonds is 8. The van der Waals surface area contributed by atoms with Crippen molar-refractivity contribution >= 4 is 58.4 Å². The number of carbonyl (C=O) groups excluding carboxylic acids is 1. The molecule has 0 atom stereocenters. The molecule has 4 rings (SSSR count). The van der Waals surface area contributed by atoms with Gasteiger partial charge in [0.1, 0.15) is 0 Å². The van der Waals surface area contributed by atoms with Gasteiger partial charge in [-0.15, -0.1) is 0 Å².